The van der Waals surface area contributed by atoms with Crippen LogP contribution in [0.15, 0.2) is 48.5 Å². The first kappa shape index (κ1) is 14.8. The lowest BCUT2D eigenvalue weighted by Gasteiger charge is -2.13. The third-order valence-electron chi connectivity index (χ3n) is 2.74. The van der Waals surface area contributed by atoms with E-state index in [1.807, 2.05) is 24.3 Å². The maximum absolute atomic E-state index is 10.8. The van der Waals surface area contributed by atoms with Gasteiger partial charge in [0.1, 0.15) is 5.75 Å². The second kappa shape index (κ2) is 6.71. The minimum Gasteiger partial charge on any atom is -0.495 e. The molecule has 0 spiro atoms. The van der Waals surface area contributed by atoms with Gasteiger partial charge in [-0.1, -0.05) is 12.1 Å². The molecule has 2 aromatic carbocycles. The number of anilines is 2. The first-order valence-electron chi connectivity index (χ1n) is 6.14. The maximum Gasteiger partial charge on any atom is 0.335 e. The number of nitrogens with one attached hydrogen (secondary N) is 2. The van der Waals surface area contributed by atoms with Crippen LogP contribution in [0.3, 0.4) is 0 Å². The number of benzene rings is 2. The quantitative estimate of drug-likeness (QED) is 0.753. The van der Waals surface area contributed by atoms with Crippen LogP contribution in [0.1, 0.15) is 10.4 Å². The Morgan fingerprint density at radius 3 is 2.38 bits per heavy atom. The molecule has 0 fully saturated rings. The van der Waals surface area contributed by atoms with Crippen molar-refractivity contribution in [1.82, 2.24) is 0 Å². The standard InChI is InChI=1S/C15H14N2O3S/c1-20-13-5-3-2-4-12(13)17-15(21)16-11-8-6-10(7-9-11)14(18)19/h2-9H,1H3,(H,18,19)(H2,16,17,21). The molecule has 0 aromatic heterocycles. The summed E-state index contributed by atoms with van der Waals surface area (Å²) in [4.78, 5) is 10.8. The molecule has 0 heterocycles. The Balaban J connectivity index is 2.03. The second-order valence-electron chi connectivity index (χ2n) is 4.16. The molecule has 0 unspecified atom stereocenters. The molecular weight excluding hydrogens is 288 g/mol. The van der Waals surface area contributed by atoms with Gasteiger partial charge in [-0.05, 0) is 48.6 Å². The molecule has 0 saturated carbocycles. The van der Waals surface area contributed by atoms with Crippen molar-refractivity contribution in [2.75, 3.05) is 17.7 Å². The summed E-state index contributed by atoms with van der Waals surface area (Å²) < 4.78 is 5.22. The molecule has 5 nitrogen and oxygen atoms in total. The van der Waals surface area contributed by atoms with Crippen LogP contribution in [0.25, 0.3) is 0 Å². The first-order chi connectivity index (χ1) is 10.1. The molecule has 3 N–H and O–H groups in total. The summed E-state index contributed by atoms with van der Waals surface area (Å²) in [5, 5.41) is 15.2. The van der Waals surface area contributed by atoms with Crippen LogP contribution in [0.5, 0.6) is 5.75 Å². The topological polar surface area (TPSA) is 70.6 Å². The Morgan fingerprint density at radius 2 is 1.76 bits per heavy atom. The summed E-state index contributed by atoms with van der Waals surface area (Å²) in [5.41, 5.74) is 1.68. The fraction of sp³-hybridized carbons (Fsp3) is 0.0667. The van der Waals surface area contributed by atoms with Crippen LogP contribution < -0.4 is 15.4 Å². The van der Waals surface area contributed by atoms with Gasteiger partial charge in [0.2, 0.25) is 0 Å². The van der Waals surface area contributed by atoms with Gasteiger partial charge < -0.3 is 20.5 Å². The van der Waals surface area contributed by atoms with Crippen molar-refractivity contribution in [2.24, 2.45) is 0 Å². The number of thiocarbonyl (C=S) groups is 1. The number of aromatic carboxylic acids is 1. The van der Waals surface area contributed by atoms with Crippen LogP contribution in [0, 0.1) is 0 Å². The fourth-order valence-corrected chi connectivity index (χ4v) is 1.96. The lowest BCUT2D eigenvalue weighted by atomic mass is 10.2. The summed E-state index contributed by atoms with van der Waals surface area (Å²) in [6.07, 6.45) is 0. The fourth-order valence-electron chi connectivity index (χ4n) is 1.73. The second-order valence-corrected chi connectivity index (χ2v) is 4.57. The number of carboxylic acid groups (broad SMARTS) is 1. The van der Waals surface area contributed by atoms with Crippen molar-refractivity contribution in [3.05, 3.63) is 54.1 Å². The van der Waals surface area contributed by atoms with Crippen molar-refractivity contribution in [3.8, 4) is 5.75 Å². The van der Waals surface area contributed by atoms with Gasteiger partial charge in [0, 0.05) is 5.69 Å². The third-order valence-corrected chi connectivity index (χ3v) is 2.95. The van der Waals surface area contributed by atoms with E-state index in [4.69, 9.17) is 22.1 Å². The molecule has 21 heavy (non-hydrogen) atoms. The molecule has 6 heteroatoms. The number of hydrogen-bond acceptors (Lipinski definition) is 3. The maximum atomic E-state index is 10.8. The Hall–Kier alpha value is -2.60. The van der Waals surface area contributed by atoms with Crippen molar-refractivity contribution in [1.29, 1.82) is 0 Å². The summed E-state index contributed by atoms with van der Waals surface area (Å²) >= 11 is 5.22. The highest BCUT2D eigenvalue weighted by molar-refractivity contribution is 7.80. The lowest BCUT2D eigenvalue weighted by Crippen LogP contribution is -2.19. The van der Waals surface area contributed by atoms with Gasteiger partial charge in [0.25, 0.3) is 0 Å². The predicted molar refractivity (Wildman–Crippen MR) is 86.2 cm³/mol. The number of para-hydroxylation sites is 2. The average Bonchev–Trinajstić information content (AvgIpc) is 2.48. The average molecular weight is 302 g/mol. The number of hydrogen-bond donors (Lipinski definition) is 3. The molecule has 0 aliphatic carbocycles. The zero-order valence-corrected chi connectivity index (χ0v) is 12.1. The van der Waals surface area contributed by atoms with Gasteiger partial charge in [-0.3, -0.25) is 0 Å². The van der Waals surface area contributed by atoms with Gasteiger partial charge in [-0.15, -0.1) is 0 Å². The molecule has 0 amide bonds. The summed E-state index contributed by atoms with van der Waals surface area (Å²) in [5.74, 6) is -0.279. The summed E-state index contributed by atoms with van der Waals surface area (Å²) in [7, 11) is 1.58. The molecule has 108 valence electrons. The van der Waals surface area contributed by atoms with Crippen molar-refractivity contribution >= 4 is 34.7 Å². The van der Waals surface area contributed by atoms with Gasteiger partial charge >= 0.3 is 5.97 Å². The van der Waals surface area contributed by atoms with E-state index in [-0.39, 0.29) is 5.56 Å². The smallest absolute Gasteiger partial charge is 0.335 e. The van der Waals surface area contributed by atoms with Gasteiger partial charge in [0.05, 0.1) is 18.4 Å². The highest BCUT2D eigenvalue weighted by Crippen LogP contribution is 2.23. The minimum atomic E-state index is -0.962. The number of methoxy groups -OCH3 is 1. The molecular formula is C15H14N2O3S. The highest BCUT2D eigenvalue weighted by atomic mass is 32.1. The summed E-state index contributed by atoms with van der Waals surface area (Å²) in [6.45, 7) is 0. The van der Waals surface area contributed by atoms with Crippen molar-refractivity contribution in [2.45, 2.75) is 0 Å². The Bertz CT molecular complexity index is 656. The molecule has 0 bridgehead atoms. The van der Waals surface area contributed by atoms with E-state index in [1.54, 1.807) is 19.2 Å². The first-order valence-corrected chi connectivity index (χ1v) is 6.55. The van der Waals surface area contributed by atoms with Gasteiger partial charge in [0.15, 0.2) is 5.11 Å². The zero-order chi connectivity index (χ0) is 15.2. The zero-order valence-electron chi connectivity index (χ0n) is 11.3. The lowest BCUT2D eigenvalue weighted by molar-refractivity contribution is 0.0697. The Kier molecular flexibility index (Phi) is 4.73. The van der Waals surface area contributed by atoms with Crippen LogP contribution in [-0.2, 0) is 0 Å². The molecule has 2 rings (SSSR count). The third kappa shape index (κ3) is 3.93. The number of ether oxygens (including phenoxy) is 1. The summed E-state index contributed by atoms with van der Waals surface area (Å²) in [6, 6.07) is 13.7. The van der Waals surface area contributed by atoms with Crippen molar-refractivity contribution < 1.29 is 14.6 Å². The van der Waals surface area contributed by atoms with E-state index in [0.29, 0.717) is 16.5 Å². The largest absolute Gasteiger partial charge is 0.495 e. The highest BCUT2D eigenvalue weighted by Gasteiger charge is 2.05. The molecule has 0 atom stereocenters. The van der Waals surface area contributed by atoms with Crippen LogP contribution in [-0.4, -0.2) is 23.3 Å². The molecule has 2 aromatic rings. The van der Waals surface area contributed by atoms with Gasteiger partial charge in [-0.2, -0.15) is 0 Å². The van der Waals surface area contributed by atoms with Crippen LogP contribution in [0.4, 0.5) is 11.4 Å². The Morgan fingerprint density at radius 1 is 1.10 bits per heavy atom. The minimum absolute atomic E-state index is 0.226. The predicted octanol–water partition coefficient (Wildman–Crippen LogP) is 3.20. The number of carboxylic acids is 1. The monoisotopic (exact) mass is 302 g/mol. The van der Waals surface area contributed by atoms with E-state index < -0.39 is 5.97 Å². The SMILES string of the molecule is COc1ccccc1NC(=S)Nc1ccc(C(=O)O)cc1. The van der Waals surface area contributed by atoms with Gasteiger partial charge in [-0.25, -0.2) is 4.79 Å². The number of rotatable bonds is 4. The van der Waals surface area contributed by atoms with Crippen LogP contribution >= 0.6 is 12.2 Å². The van der Waals surface area contributed by atoms with E-state index in [9.17, 15) is 4.79 Å². The Labute approximate surface area is 127 Å². The number of carbonyl (C=O) groups is 1. The van der Waals surface area contributed by atoms with E-state index in [0.717, 1.165) is 5.69 Å². The molecule has 0 radical (unpaired) electrons. The van der Waals surface area contributed by atoms with Crippen molar-refractivity contribution in [3.63, 3.8) is 0 Å². The van der Waals surface area contributed by atoms with Crippen LogP contribution in [0.2, 0.25) is 0 Å². The molecule has 0 aliphatic heterocycles. The van der Waals surface area contributed by atoms with E-state index >= 15 is 0 Å². The van der Waals surface area contributed by atoms with E-state index in [2.05, 4.69) is 10.6 Å². The van der Waals surface area contributed by atoms with E-state index in [1.165, 1.54) is 12.1 Å². The normalized spacial score (nSPS) is 9.76. The molecule has 0 saturated heterocycles. The molecule has 0 aliphatic rings.